The third-order valence-electron chi connectivity index (χ3n) is 5.82. The summed E-state index contributed by atoms with van der Waals surface area (Å²) >= 11 is 0. The second-order valence-corrected chi connectivity index (χ2v) is 10.2. The van der Waals surface area contributed by atoms with Crippen molar-refractivity contribution in [1.82, 2.24) is 10.3 Å². The molecule has 1 N–H and O–H groups in total. The highest BCUT2D eigenvalue weighted by Crippen LogP contribution is 2.31. The van der Waals surface area contributed by atoms with E-state index in [4.69, 9.17) is 9.72 Å². The van der Waals surface area contributed by atoms with Crippen molar-refractivity contribution in [3.63, 3.8) is 0 Å². The standard InChI is InChI=1S/C25H23N3O3S/c1-17-8-9-19(14-18(17)2)22-11-10-21(24(27-22)31-20-6-4-3-5-7-20)23-26-15-25(28-23)12-13-32(29,30)16-25/h3-14H,15-16H2,1-2H3,(H,26,28). The molecule has 0 saturated heterocycles. The molecule has 0 saturated carbocycles. The van der Waals surface area contributed by atoms with Gasteiger partial charge in [-0.15, -0.1) is 0 Å². The number of pyridine rings is 1. The number of hydrogen-bond donors (Lipinski definition) is 1. The van der Waals surface area contributed by atoms with E-state index in [2.05, 4.69) is 36.3 Å². The normalized spacial score (nSPS) is 20.9. The van der Waals surface area contributed by atoms with Crippen LogP contribution in [-0.4, -0.2) is 37.1 Å². The van der Waals surface area contributed by atoms with E-state index in [1.165, 1.54) is 16.5 Å². The average molecular weight is 446 g/mol. The van der Waals surface area contributed by atoms with Crippen molar-refractivity contribution in [2.24, 2.45) is 4.99 Å². The number of ether oxygens (including phenoxy) is 1. The van der Waals surface area contributed by atoms with Crippen LogP contribution in [0.5, 0.6) is 11.6 Å². The van der Waals surface area contributed by atoms with Gasteiger partial charge in [0.2, 0.25) is 5.88 Å². The van der Waals surface area contributed by atoms with Crippen molar-refractivity contribution in [2.45, 2.75) is 19.4 Å². The first-order chi connectivity index (χ1) is 15.3. The van der Waals surface area contributed by atoms with Gasteiger partial charge in [0.15, 0.2) is 9.84 Å². The molecule has 2 aromatic carbocycles. The quantitative estimate of drug-likeness (QED) is 0.651. The first-order valence-electron chi connectivity index (χ1n) is 10.4. The van der Waals surface area contributed by atoms with Gasteiger partial charge in [-0.2, -0.15) is 0 Å². The van der Waals surface area contributed by atoms with E-state index in [1.54, 1.807) is 6.08 Å². The van der Waals surface area contributed by atoms with Crippen molar-refractivity contribution < 1.29 is 13.2 Å². The van der Waals surface area contributed by atoms with Crippen LogP contribution in [-0.2, 0) is 9.84 Å². The fraction of sp³-hybridized carbons (Fsp3) is 0.200. The monoisotopic (exact) mass is 445 g/mol. The molecule has 0 bridgehead atoms. The molecule has 32 heavy (non-hydrogen) atoms. The van der Waals surface area contributed by atoms with E-state index in [1.807, 2.05) is 48.5 Å². The van der Waals surface area contributed by atoms with Crippen LogP contribution in [0, 0.1) is 13.8 Å². The molecule has 2 aliphatic heterocycles. The minimum atomic E-state index is -3.22. The van der Waals surface area contributed by atoms with E-state index < -0.39 is 15.4 Å². The smallest absolute Gasteiger partial charge is 0.230 e. The summed E-state index contributed by atoms with van der Waals surface area (Å²) in [6.45, 7) is 4.51. The summed E-state index contributed by atoms with van der Waals surface area (Å²) in [5, 5.41) is 4.57. The Morgan fingerprint density at radius 2 is 1.81 bits per heavy atom. The molecule has 5 rings (SSSR count). The molecule has 2 aliphatic rings. The lowest BCUT2D eigenvalue weighted by molar-refractivity contribution is 0.462. The summed E-state index contributed by atoms with van der Waals surface area (Å²) in [7, 11) is -3.22. The number of aryl methyl sites for hydroxylation is 2. The van der Waals surface area contributed by atoms with Crippen LogP contribution in [0.15, 0.2) is 77.1 Å². The number of nitrogens with zero attached hydrogens (tertiary/aromatic N) is 2. The van der Waals surface area contributed by atoms with E-state index in [0.717, 1.165) is 11.3 Å². The topological polar surface area (TPSA) is 80.7 Å². The van der Waals surface area contributed by atoms with Gasteiger partial charge < -0.3 is 10.1 Å². The van der Waals surface area contributed by atoms with Crippen molar-refractivity contribution >= 4 is 15.7 Å². The zero-order chi connectivity index (χ0) is 22.3. The molecular formula is C25H23N3O3S. The van der Waals surface area contributed by atoms with Crippen LogP contribution in [0.4, 0.5) is 0 Å². The fourth-order valence-corrected chi connectivity index (χ4v) is 5.45. The van der Waals surface area contributed by atoms with Crippen molar-refractivity contribution in [3.05, 3.63) is 88.8 Å². The number of amidine groups is 1. The summed E-state index contributed by atoms with van der Waals surface area (Å²) in [5.41, 5.74) is 4.19. The van der Waals surface area contributed by atoms with Crippen LogP contribution in [0.2, 0.25) is 0 Å². The molecule has 7 heteroatoms. The highest BCUT2D eigenvalue weighted by molar-refractivity contribution is 7.94. The first-order valence-corrected chi connectivity index (χ1v) is 12.1. The number of hydrogen-bond acceptors (Lipinski definition) is 6. The highest BCUT2D eigenvalue weighted by atomic mass is 32.2. The Morgan fingerprint density at radius 1 is 1.00 bits per heavy atom. The number of sulfone groups is 1. The lowest BCUT2D eigenvalue weighted by atomic mass is 10.0. The fourth-order valence-electron chi connectivity index (χ4n) is 3.91. The van der Waals surface area contributed by atoms with Gasteiger partial charge in [0.1, 0.15) is 11.6 Å². The number of aromatic nitrogens is 1. The Kier molecular flexibility index (Phi) is 4.86. The van der Waals surface area contributed by atoms with E-state index in [0.29, 0.717) is 29.6 Å². The van der Waals surface area contributed by atoms with Crippen LogP contribution < -0.4 is 10.1 Å². The molecule has 6 nitrogen and oxygen atoms in total. The molecule has 1 spiro atoms. The molecule has 0 radical (unpaired) electrons. The zero-order valence-electron chi connectivity index (χ0n) is 17.9. The van der Waals surface area contributed by atoms with Crippen LogP contribution in [0.25, 0.3) is 11.3 Å². The van der Waals surface area contributed by atoms with E-state index >= 15 is 0 Å². The first kappa shape index (κ1) is 20.5. The third kappa shape index (κ3) is 3.91. The van der Waals surface area contributed by atoms with Gasteiger partial charge in [0, 0.05) is 11.0 Å². The summed E-state index contributed by atoms with van der Waals surface area (Å²) in [6, 6.07) is 19.6. The minimum absolute atomic E-state index is 0.00394. The highest BCUT2D eigenvalue weighted by Gasteiger charge is 2.42. The summed E-state index contributed by atoms with van der Waals surface area (Å²) in [6.07, 6.45) is 1.69. The number of rotatable bonds is 4. The van der Waals surface area contributed by atoms with E-state index in [9.17, 15) is 8.42 Å². The molecule has 162 valence electrons. The second-order valence-electron chi connectivity index (χ2n) is 8.32. The van der Waals surface area contributed by atoms with Gasteiger partial charge in [-0.3, -0.25) is 4.99 Å². The number of nitrogens with one attached hydrogen (secondary N) is 1. The molecular weight excluding hydrogens is 422 g/mol. The summed E-state index contributed by atoms with van der Waals surface area (Å²) < 4.78 is 30.1. The molecule has 3 aromatic rings. The van der Waals surface area contributed by atoms with Crippen LogP contribution >= 0.6 is 0 Å². The molecule has 0 amide bonds. The maximum atomic E-state index is 12.0. The van der Waals surface area contributed by atoms with Gasteiger partial charge in [0.05, 0.1) is 29.1 Å². The van der Waals surface area contributed by atoms with Crippen molar-refractivity contribution in [2.75, 3.05) is 12.3 Å². The van der Waals surface area contributed by atoms with E-state index in [-0.39, 0.29) is 5.75 Å². The Balaban J connectivity index is 1.53. The zero-order valence-corrected chi connectivity index (χ0v) is 18.7. The number of para-hydroxylation sites is 1. The predicted molar refractivity (Wildman–Crippen MR) is 126 cm³/mol. The SMILES string of the molecule is Cc1ccc(-c2ccc(C3=NCC4(C=CS(=O)(=O)C4)N3)c(Oc3ccccc3)n2)cc1C. The molecule has 1 aromatic heterocycles. The lowest BCUT2D eigenvalue weighted by Gasteiger charge is -2.21. The summed E-state index contributed by atoms with van der Waals surface area (Å²) in [4.78, 5) is 9.42. The van der Waals surface area contributed by atoms with Crippen molar-refractivity contribution in [3.8, 4) is 22.9 Å². The minimum Gasteiger partial charge on any atom is -0.438 e. The molecule has 3 heterocycles. The van der Waals surface area contributed by atoms with Crippen LogP contribution in [0.1, 0.15) is 16.7 Å². The number of aliphatic imine (C=N–C) groups is 1. The molecule has 1 unspecified atom stereocenters. The average Bonchev–Trinajstić information content (AvgIpc) is 3.32. The maximum absolute atomic E-state index is 12.0. The Bertz CT molecular complexity index is 1360. The van der Waals surface area contributed by atoms with Crippen LogP contribution in [0.3, 0.4) is 0 Å². The predicted octanol–water partition coefficient (Wildman–Crippen LogP) is 4.19. The Morgan fingerprint density at radius 3 is 2.53 bits per heavy atom. The number of benzene rings is 2. The van der Waals surface area contributed by atoms with Gasteiger partial charge in [-0.05, 0) is 61.4 Å². The van der Waals surface area contributed by atoms with Gasteiger partial charge in [-0.1, -0.05) is 30.3 Å². The largest absolute Gasteiger partial charge is 0.438 e. The Hall–Kier alpha value is -3.45. The second kappa shape index (κ2) is 7.60. The van der Waals surface area contributed by atoms with Gasteiger partial charge >= 0.3 is 0 Å². The molecule has 0 fully saturated rings. The molecule has 0 aliphatic carbocycles. The third-order valence-corrected chi connectivity index (χ3v) is 7.28. The Labute approximate surface area is 187 Å². The lowest BCUT2D eigenvalue weighted by Crippen LogP contribution is -2.46. The maximum Gasteiger partial charge on any atom is 0.230 e. The van der Waals surface area contributed by atoms with Gasteiger partial charge in [0.25, 0.3) is 0 Å². The van der Waals surface area contributed by atoms with Crippen molar-refractivity contribution in [1.29, 1.82) is 0 Å². The molecule has 1 atom stereocenters. The van der Waals surface area contributed by atoms with Gasteiger partial charge in [-0.25, -0.2) is 13.4 Å². The summed E-state index contributed by atoms with van der Waals surface area (Å²) in [5.74, 6) is 1.66.